The van der Waals surface area contributed by atoms with Crippen LogP contribution in [0.4, 0.5) is 10.5 Å². The maximum atomic E-state index is 11.8. The summed E-state index contributed by atoms with van der Waals surface area (Å²) in [4.78, 5) is 35.4. The van der Waals surface area contributed by atoms with Crippen LogP contribution in [-0.2, 0) is 29.0 Å². The first kappa shape index (κ1) is 22.7. The number of amides is 3. The van der Waals surface area contributed by atoms with E-state index in [1.165, 1.54) is 5.56 Å². The van der Waals surface area contributed by atoms with Crippen LogP contribution in [-0.4, -0.2) is 40.9 Å². The lowest BCUT2D eigenvalue weighted by Crippen LogP contribution is -2.47. The molecule has 8 heteroatoms. The minimum Gasteiger partial charge on any atom is -0.388 e. The summed E-state index contributed by atoms with van der Waals surface area (Å²) >= 11 is 0. The van der Waals surface area contributed by atoms with Crippen LogP contribution in [0, 0.1) is 0 Å². The first-order valence-electron chi connectivity index (χ1n) is 10.3. The third-order valence-electron chi connectivity index (χ3n) is 5.56. The van der Waals surface area contributed by atoms with Crippen LogP contribution in [0.2, 0.25) is 0 Å². The Morgan fingerprint density at radius 1 is 1.09 bits per heavy atom. The number of hydrogen-bond acceptors (Lipinski definition) is 5. The summed E-state index contributed by atoms with van der Waals surface area (Å²) < 4.78 is 2.07. The maximum absolute atomic E-state index is 11.8. The molecule has 1 saturated heterocycles. The number of nitrogens with zero attached hydrogens (tertiary/aromatic N) is 2. The molecule has 1 atom stereocenters. The number of imide groups is 1. The SMILES string of the molecule is C=O.CCn1cnc(-c2ccccc2)c1.CNc1ccc2c(c1)CC1(C2)NC(=O)NC1=O. The molecule has 1 aliphatic carbocycles. The van der Waals surface area contributed by atoms with Crippen LogP contribution < -0.4 is 16.0 Å². The van der Waals surface area contributed by atoms with Gasteiger partial charge in [0.25, 0.3) is 5.91 Å². The number of aryl methyl sites for hydroxylation is 1. The third-order valence-corrected chi connectivity index (χ3v) is 5.56. The first-order valence-corrected chi connectivity index (χ1v) is 10.3. The number of hydrogen-bond donors (Lipinski definition) is 3. The molecule has 2 aliphatic rings. The Balaban J connectivity index is 0.000000173. The molecule has 3 amide bonds. The average Bonchev–Trinajstić information content (AvgIpc) is 3.52. The van der Waals surface area contributed by atoms with Gasteiger partial charge in [-0.05, 0) is 30.2 Å². The lowest BCUT2D eigenvalue weighted by Gasteiger charge is -2.18. The number of anilines is 1. The van der Waals surface area contributed by atoms with Gasteiger partial charge < -0.3 is 20.0 Å². The standard InChI is InChI=1S/C12H13N3O2.C11H12N2.CH2O/c1-13-9-3-2-7-5-12(6-8(7)4-9)10(16)14-11(17)15-12;1-2-13-8-11(12-9-13)10-6-4-3-5-7-10;1-2/h2-4,13H,5-6H2,1H3,(H2,14,15,16,17);3-9H,2H2,1H3;1H2. The summed E-state index contributed by atoms with van der Waals surface area (Å²) in [6.07, 6.45) is 5.07. The number of imidazole rings is 1. The van der Waals surface area contributed by atoms with Gasteiger partial charge in [0.2, 0.25) is 0 Å². The smallest absolute Gasteiger partial charge is 0.322 e. The number of aromatic nitrogens is 2. The summed E-state index contributed by atoms with van der Waals surface area (Å²) in [7, 11) is 1.86. The molecule has 1 aliphatic heterocycles. The van der Waals surface area contributed by atoms with E-state index in [0.29, 0.717) is 12.8 Å². The van der Waals surface area contributed by atoms with Gasteiger partial charge in [-0.3, -0.25) is 10.1 Å². The Morgan fingerprint density at radius 2 is 1.81 bits per heavy atom. The Bertz CT molecular complexity index is 1100. The number of fused-ring (bicyclic) bond motifs is 1. The zero-order valence-corrected chi connectivity index (χ0v) is 18.2. The molecular formula is C24H27N5O3. The number of nitrogens with one attached hydrogen (secondary N) is 3. The van der Waals surface area contributed by atoms with Crippen molar-refractivity contribution in [2.24, 2.45) is 0 Å². The largest absolute Gasteiger partial charge is 0.388 e. The second kappa shape index (κ2) is 9.91. The Hall–Kier alpha value is -3.94. The fourth-order valence-electron chi connectivity index (χ4n) is 3.90. The lowest BCUT2D eigenvalue weighted by molar-refractivity contribution is -0.123. The maximum Gasteiger partial charge on any atom is 0.322 e. The second-order valence-electron chi connectivity index (χ2n) is 7.53. The van der Waals surface area contributed by atoms with Crippen LogP contribution >= 0.6 is 0 Å². The van der Waals surface area contributed by atoms with Crippen molar-refractivity contribution in [3.63, 3.8) is 0 Å². The normalized spacial score (nSPS) is 17.9. The van der Waals surface area contributed by atoms with Gasteiger partial charge in [0, 0.05) is 43.9 Å². The van der Waals surface area contributed by atoms with E-state index in [-0.39, 0.29) is 5.91 Å². The number of carbonyl (C=O) groups excluding carboxylic acids is 3. The molecule has 1 aromatic heterocycles. The Morgan fingerprint density at radius 3 is 2.41 bits per heavy atom. The molecule has 2 heterocycles. The van der Waals surface area contributed by atoms with Crippen molar-refractivity contribution in [1.82, 2.24) is 20.2 Å². The van der Waals surface area contributed by atoms with Crippen LogP contribution in [0.3, 0.4) is 0 Å². The minimum atomic E-state index is -0.758. The Kier molecular flexibility index (Phi) is 7.04. The highest BCUT2D eigenvalue weighted by Crippen LogP contribution is 2.33. The van der Waals surface area contributed by atoms with Crippen molar-refractivity contribution in [2.75, 3.05) is 12.4 Å². The van der Waals surface area contributed by atoms with Crippen molar-refractivity contribution in [3.05, 3.63) is 72.2 Å². The molecule has 0 saturated carbocycles. The van der Waals surface area contributed by atoms with Crippen molar-refractivity contribution < 1.29 is 14.4 Å². The van der Waals surface area contributed by atoms with Gasteiger partial charge in [-0.2, -0.15) is 0 Å². The number of benzene rings is 2. The number of rotatable bonds is 3. The molecule has 8 nitrogen and oxygen atoms in total. The first-order chi connectivity index (χ1) is 15.5. The van der Waals surface area contributed by atoms with Gasteiger partial charge in [-0.15, -0.1) is 0 Å². The van der Waals surface area contributed by atoms with Crippen molar-refractivity contribution in [1.29, 1.82) is 0 Å². The van der Waals surface area contributed by atoms with Crippen LogP contribution in [0.25, 0.3) is 11.3 Å². The molecular weight excluding hydrogens is 406 g/mol. The van der Waals surface area contributed by atoms with Gasteiger partial charge in [0.15, 0.2) is 0 Å². The van der Waals surface area contributed by atoms with E-state index in [1.807, 2.05) is 56.6 Å². The summed E-state index contributed by atoms with van der Waals surface area (Å²) in [5.74, 6) is -0.218. The van der Waals surface area contributed by atoms with Gasteiger partial charge in [-0.1, -0.05) is 36.4 Å². The second-order valence-corrected chi connectivity index (χ2v) is 7.53. The zero-order valence-electron chi connectivity index (χ0n) is 18.2. The quantitative estimate of drug-likeness (QED) is 0.551. The third kappa shape index (κ3) is 4.69. The van der Waals surface area contributed by atoms with E-state index in [9.17, 15) is 9.59 Å². The van der Waals surface area contributed by atoms with Gasteiger partial charge in [-0.25, -0.2) is 9.78 Å². The molecule has 3 N–H and O–H groups in total. The summed E-state index contributed by atoms with van der Waals surface area (Å²) in [5, 5.41) is 8.12. The van der Waals surface area contributed by atoms with E-state index in [4.69, 9.17) is 4.79 Å². The molecule has 1 spiro atoms. The molecule has 2 aromatic carbocycles. The topological polar surface area (TPSA) is 105 Å². The van der Waals surface area contributed by atoms with Gasteiger partial charge in [0.05, 0.1) is 12.0 Å². The van der Waals surface area contributed by atoms with E-state index >= 15 is 0 Å². The van der Waals surface area contributed by atoms with E-state index in [0.717, 1.165) is 29.1 Å². The molecule has 3 aromatic rings. The highest BCUT2D eigenvalue weighted by molar-refractivity contribution is 6.07. The molecule has 32 heavy (non-hydrogen) atoms. The summed E-state index contributed by atoms with van der Waals surface area (Å²) in [6, 6.07) is 15.8. The molecule has 0 bridgehead atoms. The van der Waals surface area contributed by atoms with Crippen molar-refractivity contribution in [3.8, 4) is 11.3 Å². The van der Waals surface area contributed by atoms with Crippen LogP contribution in [0.5, 0.6) is 0 Å². The summed E-state index contributed by atoms with van der Waals surface area (Å²) in [5.41, 5.74) is 4.73. The van der Waals surface area contributed by atoms with E-state index in [1.54, 1.807) is 0 Å². The number of urea groups is 1. The van der Waals surface area contributed by atoms with E-state index in [2.05, 4.69) is 50.8 Å². The van der Waals surface area contributed by atoms with Gasteiger partial charge in [0.1, 0.15) is 12.3 Å². The monoisotopic (exact) mass is 433 g/mol. The Labute approximate surface area is 187 Å². The van der Waals surface area contributed by atoms with Gasteiger partial charge >= 0.3 is 6.03 Å². The van der Waals surface area contributed by atoms with Crippen molar-refractivity contribution >= 4 is 24.4 Å². The average molecular weight is 434 g/mol. The molecule has 1 unspecified atom stereocenters. The molecule has 166 valence electrons. The predicted octanol–water partition coefficient (Wildman–Crippen LogP) is 2.79. The lowest BCUT2D eigenvalue weighted by atomic mass is 9.96. The molecule has 1 fully saturated rings. The van der Waals surface area contributed by atoms with E-state index < -0.39 is 11.6 Å². The highest BCUT2D eigenvalue weighted by atomic mass is 16.2. The fourth-order valence-corrected chi connectivity index (χ4v) is 3.90. The highest BCUT2D eigenvalue weighted by Gasteiger charge is 2.49. The minimum absolute atomic E-state index is 0.218. The molecule has 5 rings (SSSR count). The van der Waals surface area contributed by atoms with Crippen LogP contribution in [0.15, 0.2) is 61.1 Å². The fraction of sp³-hybridized carbons (Fsp3) is 0.250. The zero-order chi connectivity index (χ0) is 23.1. The van der Waals surface area contributed by atoms with Crippen molar-refractivity contribution in [2.45, 2.75) is 31.8 Å². The predicted molar refractivity (Wildman–Crippen MR) is 123 cm³/mol. The molecule has 0 radical (unpaired) electrons. The number of carbonyl (C=O) groups is 3. The summed E-state index contributed by atoms with van der Waals surface area (Å²) in [6.45, 7) is 5.08. The van der Waals surface area contributed by atoms with Crippen LogP contribution in [0.1, 0.15) is 18.1 Å².